The Morgan fingerprint density at radius 3 is 0.950 bits per heavy atom. The molecule has 0 radical (unpaired) electrons. The Balaban J connectivity index is 0.000000267. The molecule has 40 heavy (non-hydrogen) atoms. The first-order valence-electron chi connectivity index (χ1n) is 17.1. The van der Waals surface area contributed by atoms with Crippen molar-refractivity contribution >= 4 is 0 Å². The first-order valence-corrected chi connectivity index (χ1v) is 17.1. The second-order valence-electron chi connectivity index (χ2n) is 17.1. The van der Waals surface area contributed by atoms with Gasteiger partial charge in [-0.15, -0.1) is 0 Å². The van der Waals surface area contributed by atoms with Gasteiger partial charge in [-0.1, -0.05) is 131 Å². The van der Waals surface area contributed by atoms with Crippen LogP contribution in [0.3, 0.4) is 0 Å². The summed E-state index contributed by atoms with van der Waals surface area (Å²) in [5.74, 6) is 1.83. The highest BCUT2D eigenvalue weighted by atomic mass is 14.3. The van der Waals surface area contributed by atoms with Crippen molar-refractivity contribution < 1.29 is 0 Å². The van der Waals surface area contributed by atoms with Gasteiger partial charge in [0.1, 0.15) is 0 Å². The second-order valence-corrected chi connectivity index (χ2v) is 17.1. The van der Waals surface area contributed by atoms with Crippen LogP contribution < -0.4 is 0 Å². The van der Waals surface area contributed by atoms with Crippen LogP contribution in [0, 0.1) is 33.5 Å². The van der Waals surface area contributed by atoms with Gasteiger partial charge in [0.15, 0.2) is 0 Å². The molecule has 0 aromatic heterocycles. The highest BCUT2D eigenvalue weighted by Gasteiger charge is 2.24. The zero-order valence-electron chi connectivity index (χ0n) is 29.5. The van der Waals surface area contributed by atoms with Gasteiger partial charge in [0, 0.05) is 0 Å². The van der Waals surface area contributed by atoms with Crippen LogP contribution in [0.1, 0.15) is 173 Å². The minimum atomic E-state index is 0.431. The lowest BCUT2D eigenvalue weighted by molar-refractivity contribution is 0.223. The zero-order chi connectivity index (χ0) is 30.5. The summed E-state index contributed by atoms with van der Waals surface area (Å²) in [7, 11) is 0. The van der Waals surface area contributed by atoms with Crippen molar-refractivity contribution in [1.29, 1.82) is 0 Å². The van der Waals surface area contributed by atoms with Crippen LogP contribution in [-0.4, -0.2) is 0 Å². The van der Waals surface area contributed by atoms with Crippen molar-refractivity contribution in [1.82, 2.24) is 0 Å². The highest BCUT2D eigenvalue weighted by molar-refractivity contribution is 5.13. The summed E-state index contributed by atoms with van der Waals surface area (Å²) in [6, 6.07) is 0. The Hall–Kier alpha value is -1.04. The Kier molecular flexibility index (Phi) is 15.9. The quantitative estimate of drug-likeness (QED) is 0.262. The van der Waals surface area contributed by atoms with Gasteiger partial charge in [-0.2, -0.15) is 0 Å². The van der Waals surface area contributed by atoms with E-state index in [4.69, 9.17) is 0 Å². The van der Waals surface area contributed by atoms with Crippen molar-refractivity contribution in [2.24, 2.45) is 33.5 Å². The molecule has 4 rings (SSSR count). The molecule has 0 nitrogen and oxygen atoms in total. The molecule has 232 valence electrons. The lowest BCUT2D eigenvalue weighted by Crippen LogP contribution is -2.20. The van der Waals surface area contributed by atoms with Crippen LogP contribution in [0.15, 0.2) is 47.6 Å². The molecule has 0 amide bonds. The lowest BCUT2D eigenvalue weighted by atomic mass is 9.74. The Labute approximate surface area is 253 Å². The van der Waals surface area contributed by atoms with Crippen LogP contribution in [-0.2, 0) is 0 Å². The van der Waals surface area contributed by atoms with Crippen LogP contribution in [0.2, 0.25) is 0 Å². The molecule has 0 heterocycles. The second kappa shape index (κ2) is 17.2. The van der Waals surface area contributed by atoms with Crippen molar-refractivity contribution in [3.63, 3.8) is 0 Å². The minimum absolute atomic E-state index is 0.431. The van der Waals surface area contributed by atoms with Gasteiger partial charge in [-0.25, -0.2) is 0 Å². The fourth-order valence-corrected chi connectivity index (χ4v) is 6.20. The van der Waals surface area contributed by atoms with Gasteiger partial charge in [0.25, 0.3) is 0 Å². The lowest BCUT2D eigenvalue weighted by Gasteiger charge is -2.31. The molecule has 0 aliphatic heterocycles. The molecule has 0 saturated heterocycles. The first kappa shape index (κ1) is 37.0. The van der Waals surface area contributed by atoms with E-state index < -0.39 is 0 Å². The maximum Gasteiger partial charge on any atom is -0.0173 e. The molecule has 0 heteroatoms. The molecule has 0 aromatic rings. The van der Waals surface area contributed by atoms with Gasteiger partial charge >= 0.3 is 0 Å². The Bertz CT molecular complexity index is 730. The average molecular weight is 553 g/mol. The van der Waals surface area contributed by atoms with E-state index in [1.54, 1.807) is 11.1 Å². The molecule has 0 N–H and O–H groups in total. The largest absolute Gasteiger partial charge is 0.0885 e. The van der Waals surface area contributed by atoms with Gasteiger partial charge < -0.3 is 0 Å². The first-order chi connectivity index (χ1) is 18.4. The summed E-state index contributed by atoms with van der Waals surface area (Å²) in [4.78, 5) is 0. The predicted molar refractivity (Wildman–Crippen MR) is 184 cm³/mol. The number of hydrogen-bond donors (Lipinski definition) is 0. The van der Waals surface area contributed by atoms with Crippen LogP contribution in [0.25, 0.3) is 0 Å². The van der Waals surface area contributed by atoms with Gasteiger partial charge in [0.2, 0.25) is 0 Å². The number of allylic oxidation sites excluding steroid dienone is 8. The smallest absolute Gasteiger partial charge is 0.0173 e. The molecular weight excluding hydrogens is 480 g/mol. The number of hydrogen-bond acceptors (Lipinski definition) is 0. The Morgan fingerprint density at radius 2 is 0.800 bits per heavy atom. The van der Waals surface area contributed by atoms with E-state index in [-0.39, 0.29) is 0 Å². The maximum absolute atomic E-state index is 2.43. The van der Waals surface area contributed by atoms with Gasteiger partial charge in [-0.3, -0.25) is 0 Å². The van der Waals surface area contributed by atoms with Crippen LogP contribution >= 0.6 is 0 Å². The SMILES string of the molecule is CC(C)(C)C1=CCCCC1.CC(C)(C)C1=CCCCC1.CC(C)(C)C1CC=CCC1.CC(C)(C)C1CC=CCC1. The summed E-state index contributed by atoms with van der Waals surface area (Å²) in [5.41, 5.74) is 5.23. The molecule has 2 atom stereocenters. The monoisotopic (exact) mass is 553 g/mol. The maximum atomic E-state index is 2.43. The third kappa shape index (κ3) is 15.8. The summed E-state index contributed by atoms with van der Waals surface area (Å²) in [6.45, 7) is 27.9. The fraction of sp³-hybridized carbons (Fsp3) is 0.800. The summed E-state index contributed by atoms with van der Waals surface area (Å²) in [5, 5.41) is 0. The Morgan fingerprint density at radius 1 is 0.450 bits per heavy atom. The molecule has 0 saturated carbocycles. The van der Waals surface area contributed by atoms with Crippen LogP contribution in [0.5, 0.6) is 0 Å². The topological polar surface area (TPSA) is 0 Å². The van der Waals surface area contributed by atoms with E-state index >= 15 is 0 Å². The van der Waals surface area contributed by atoms with E-state index in [1.807, 2.05) is 0 Å². The van der Waals surface area contributed by atoms with Crippen molar-refractivity contribution in [2.75, 3.05) is 0 Å². The van der Waals surface area contributed by atoms with E-state index in [2.05, 4.69) is 120 Å². The highest BCUT2D eigenvalue weighted by Crippen LogP contribution is 2.36. The number of rotatable bonds is 0. The van der Waals surface area contributed by atoms with Gasteiger partial charge in [-0.05, 0) is 123 Å². The normalized spacial score (nSPS) is 23.7. The summed E-state index contributed by atoms with van der Waals surface area (Å²) in [6.07, 6.45) is 33.0. The van der Waals surface area contributed by atoms with E-state index in [9.17, 15) is 0 Å². The van der Waals surface area contributed by atoms with Crippen molar-refractivity contribution in [3.8, 4) is 0 Å². The third-order valence-electron chi connectivity index (χ3n) is 9.50. The molecule has 0 bridgehead atoms. The molecule has 0 spiro atoms. The van der Waals surface area contributed by atoms with Gasteiger partial charge in [0.05, 0.1) is 0 Å². The standard InChI is InChI=1S/4C10H18/c4*1-10(2,3)9-7-5-4-6-8-9/h2*7H,4-6,8H2,1-3H3;2*4-5,9H,6-8H2,1-3H3. The average Bonchev–Trinajstić information content (AvgIpc) is 2.90. The van der Waals surface area contributed by atoms with E-state index in [1.165, 1.54) is 89.9 Å². The molecule has 4 aliphatic rings. The third-order valence-corrected chi connectivity index (χ3v) is 9.50. The molecule has 2 unspecified atom stereocenters. The summed E-state index contributed by atoms with van der Waals surface area (Å²) >= 11 is 0. The van der Waals surface area contributed by atoms with Crippen molar-refractivity contribution in [3.05, 3.63) is 47.6 Å². The zero-order valence-corrected chi connectivity index (χ0v) is 29.5. The molecule has 4 aliphatic carbocycles. The van der Waals surface area contributed by atoms with Crippen molar-refractivity contribution in [2.45, 2.75) is 173 Å². The van der Waals surface area contributed by atoms with E-state index in [0.29, 0.717) is 21.7 Å². The molecule has 0 fully saturated rings. The predicted octanol–water partition coefficient (Wildman–Crippen LogP) is 13.8. The molecule has 0 aromatic carbocycles. The fourth-order valence-electron chi connectivity index (χ4n) is 6.20. The summed E-state index contributed by atoms with van der Waals surface area (Å²) < 4.78 is 0. The van der Waals surface area contributed by atoms with Crippen LogP contribution in [0.4, 0.5) is 0 Å². The minimum Gasteiger partial charge on any atom is -0.0885 e. The molecular formula is C40H72. The van der Waals surface area contributed by atoms with E-state index in [0.717, 1.165) is 11.8 Å².